The van der Waals surface area contributed by atoms with Gasteiger partial charge in [0.2, 0.25) is 11.8 Å². The smallest absolute Gasteiger partial charge is 0.243 e. The summed E-state index contributed by atoms with van der Waals surface area (Å²) in [4.78, 5) is 27.2. The zero-order valence-corrected chi connectivity index (χ0v) is 14.3. The van der Waals surface area contributed by atoms with E-state index in [-0.39, 0.29) is 6.42 Å². The van der Waals surface area contributed by atoms with Crippen molar-refractivity contribution in [2.24, 2.45) is 0 Å². The zero-order chi connectivity index (χ0) is 19.6. The topological polar surface area (TPSA) is 74.0 Å². The summed E-state index contributed by atoms with van der Waals surface area (Å²) < 4.78 is 39.6. The maximum absolute atomic E-state index is 13.5. The Balaban J connectivity index is 1.60. The zero-order valence-electron chi connectivity index (χ0n) is 14.3. The molecule has 0 saturated carbocycles. The van der Waals surface area contributed by atoms with Crippen molar-refractivity contribution < 1.29 is 22.8 Å². The number of halogens is 3. The van der Waals surface area contributed by atoms with Crippen LogP contribution in [-0.2, 0) is 16.0 Å². The number of benzene rings is 2. The number of aryl methyl sites for hydroxylation is 1. The Morgan fingerprint density at radius 1 is 1.00 bits per heavy atom. The van der Waals surface area contributed by atoms with Gasteiger partial charge in [0.25, 0.3) is 0 Å². The van der Waals surface area contributed by atoms with Gasteiger partial charge < -0.3 is 15.6 Å². The van der Waals surface area contributed by atoms with E-state index >= 15 is 0 Å². The highest BCUT2D eigenvalue weighted by atomic mass is 19.2. The third kappa shape index (κ3) is 3.94. The third-order valence-electron chi connectivity index (χ3n) is 4.12. The van der Waals surface area contributed by atoms with Crippen molar-refractivity contribution in [3.05, 3.63) is 65.1 Å². The molecule has 0 fully saturated rings. The Morgan fingerprint density at radius 3 is 2.52 bits per heavy atom. The highest BCUT2D eigenvalue weighted by Gasteiger charge is 2.16. The number of carbonyl (C=O) groups excluding carboxylic acids is 2. The number of fused-ring (bicyclic) bond motifs is 1. The summed E-state index contributed by atoms with van der Waals surface area (Å²) >= 11 is 0. The number of aromatic amines is 1. The molecule has 0 radical (unpaired) electrons. The van der Waals surface area contributed by atoms with Crippen molar-refractivity contribution in [2.45, 2.75) is 13.3 Å². The molecule has 0 spiro atoms. The maximum Gasteiger partial charge on any atom is 0.243 e. The minimum Gasteiger partial charge on any atom is -0.358 e. The van der Waals surface area contributed by atoms with E-state index in [0.29, 0.717) is 6.07 Å². The molecule has 3 N–H and O–H groups in total. The predicted molar refractivity (Wildman–Crippen MR) is 94.7 cm³/mol. The highest BCUT2D eigenvalue weighted by molar-refractivity contribution is 5.96. The molecular formula is C19H16F3N3O2. The molecule has 0 atom stereocenters. The lowest BCUT2D eigenvalue weighted by atomic mass is 10.1. The standard InChI is InChI=1S/C19H16F3N3O2/c1-10-12(11-4-2-3-5-14(11)24-10)8-16(26)23-9-17(27)25-15-7-6-13(20)18(21)19(15)22/h2-7,24H,8-9H2,1H3,(H,23,26)(H,25,27). The minimum atomic E-state index is -1.67. The van der Waals surface area contributed by atoms with E-state index in [1.54, 1.807) is 0 Å². The molecular weight excluding hydrogens is 359 g/mol. The quantitative estimate of drug-likeness (QED) is 0.599. The van der Waals surface area contributed by atoms with Crippen molar-refractivity contribution in [3.8, 4) is 0 Å². The van der Waals surface area contributed by atoms with Crippen LogP contribution in [0.3, 0.4) is 0 Å². The van der Waals surface area contributed by atoms with E-state index < -0.39 is 41.5 Å². The fourth-order valence-electron chi connectivity index (χ4n) is 2.78. The Kier molecular flexibility index (Phi) is 5.16. The molecule has 5 nitrogen and oxygen atoms in total. The first kappa shape index (κ1) is 18.5. The number of H-pyrrole nitrogens is 1. The second-order valence-electron chi connectivity index (χ2n) is 6.00. The number of nitrogens with one attached hydrogen (secondary N) is 3. The Bertz CT molecular complexity index is 1030. The van der Waals surface area contributed by atoms with Crippen LogP contribution in [0.15, 0.2) is 36.4 Å². The molecule has 0 saturated heterocycles. The first-order valence-electron chi connectivity index (χ1n) is 8.13. The lowest BCUT2D eigenvalue weighted by Gasteiger charge is -2.09. The summed E-state index contributed by atoms with van der Waals surface area (Å²) in [6, 6.07) is 9.13. The summed E-state index contributed by atoms with van der Waals surface area (Å²) in [5, 5.41) is 5.43. The number of hydrogen-bond donors (Lipinski definition) is 3. The fourth-order valence-corrected chi connectivity index (χ4v) is 2.78. The summed E-state index contributed by atoms with van der Waals surface area (Å²) in [6.45, 7) is 1.42. The van der Waals surface area contributed by atoms with Crippen LogP contribution < -0.4 is 10.6 Å². The third-order valence-corrected chi connectivity index (χ3v) is 4.12. The number of aromatic nitrogens is 1. The van der Waals surface area contributed by atoms with Crippen LogP contribution in [0.25, 0.3) is 10.9 Å². The molecule has 27 heavy (non-hydrogen) atoms. The van der Waals surface area contributed by atoms with Crippen LogP contribution >= 0.6 is 0 Å². The van der Waals surface area contributed by atoms with Gasteiger partial charge in [-0.05, 0) is 30.7 Å². The van der Waals surface area contributed by atoms with Gasteiger partial charge >= 0.3 is 0 Å². The minimum absolute atomic E-state index is 0.0582. The van der Waals surface area contributed by atoms with Crippen LogP contribution in [0.4, 0.5) is 18.9 Å². The van der Waals surface area contributed by atoms with E-state index in [1.165, 1.54) is 0 Å². The normalized spacial score (nSPS) is 10.8. The number of rotatable bonds is 5. The molecule has 0 unspecified atom stereocenters. The van der Waals surface area contributed by atoms with Gasteiger partial charge in [-0.15, -0.1) is 0 Å². The van der Waals surface area contributed by atoms with Crippen molar-refractivity contribution in [1.29, 1.82) is 0 Å². The SMILES string of the molecule is Cc1[nH]c2ccccc2c1CC(=O)NCC(=O)Nc1ccc(F)c(F)c1F. The van der Waals surface area contributed by atoms with Crippen molar-refractivity contribution in [2.75, 3.05) is 11.9 Å². The molecule has 140 valence electrons. The maximum atomic E-state index is 13.5. The lowest BCUT2D eigenvalue weighted by Crippen LogP contribution is -2.34. The van der Waals surface area contributed by atoms with E-state index in [9.17, 15) is 22.8 Å². The van der Waals surface area contributed by atoms with Crippen LogP contribution in [0.1, 0.15) is 11.3 Å². The average molecular weight is 375 g/mol. The highest BCUT2D eigenvalue weighted by Crippen LogP contribution is 2.22. The molecule has 0 aliphatic carbocycles. The van der Waals surface area contributed by atoms with E-state index in [0.717, 1.165) is 28.2 Å². The molecule has 1 heterocycles. The van der Waals surface area contributed by atoms with Crippen molar-refractivity contribution in [1.82, 2.24) is 10.3 Å². The van der Waals surface area contributed by atoms with E-state index in [2.05, 4.69) is 15.6 Å². The van der Waals surface area contributed by atoms with Crippen molar-refractivity contribution >= 4 is 28.4 Å². The summed E-state index contributed by atoms with van der Waals surface area (Å²) in [5.74, 6) is -5.68. The number of anilines is 1. The summed E-state index contributed by atoms with van der Waals surface area (Å²) in [5.41, 5.74) is 2.07. The number of carbonyl (C=O) groups is 2. The fraction of sp³-hybridized carbons (Fsp3) is 0.158. The number of para-hydroxylation sites is 1. The molecule has 2 amide bonds. The molecule has 0 aliphatic heterocycles. The van der Waals surface area contributed by atoms with E-state index in [1.807, 2.05) is 31.2 Å². The Labute approximate surface area is 152 Å². The first-order chi connectivity index (χ1) is 12.9. The van der Waals surface area contributed by atoms with Gasteiger partial charge in [-0.3, -0.25) is 9.59 Å². The van der Waals surface area contributed by atoms with E-state index in [4.69, 9.17) is 0 Å². The molecule has 0 aliphatic rings. The predicted octanol–water partition coefficient (Wildman–Crippen LogP) is 3.19. The lowest BCUT2D eigenvalue weighted by molar-refractivity contribution is -0.123. The average Bonchev–Trinajstić information content (AvgIpc) is 2.96. The molecule has 1 aromatic heterocycles. The van der Waals surface area contributed by atoms with Crippen LogP contribution in [0.2, 0.25) is 0 Å². The van der Waals surface area contributed by atoms with Gasteiger partial charge in [0.05, 0.1) is 18.7 Å². The number of amides is 2. The van der Waals surface area contributed by atoms with Crippen LogP contribution in [-0.4, -0.2) is 23.3 Å². The van der Waals surface area contributed by atoms with Gasteiger partial charge in [-0.1, -0.05) is 18.2 Å². The first-order valence-corrected chi connectivity index (χ1v) is 8.13. The second kappa shape index (κ2) is 7.53. The molecule has 3 aromatic rings. The largest absolute Gasteiger partial charge is 0.358 e. The van der Waals surface area contributed by atoms with Gasteiger partial charge in [0, 0.05) is 16.6 Å². The molecule has 8 heteroatoms. The van der Waals surface area contributed by atoms with Gasteiger partial charge in [0.1, 0.15) is 0 Å². The molecule has 0 bridgehead atoms. The summed E-state index contributed by atoms with van der Waals surface area (Å²) in [7, 11) is 0. The van der Waals surface area contributed by atoms with Gasteiger partial charge in [-0.2, -0.15) is 0 Å². The number of hydrogen-bond acceptors (Lipinski definition) is 2. The summed E-state index contributed by atoms with van der Waals surface area (Å²) in [6.07, 6.45) is 0.0582. The molecule has 3 rings (SSSR count). The van der Waals surface area contributed by atoms with Crippen LogP contribution in [0.5, 0.6) is 0 Å². The van der Waals surface area contributed by atoms with Gasteiger partial charge in [0.15, 0.2) is 17.5 Å². The van der Waals surface area contributed by atoms with Crippen molar-refractivity contribution in [3.63, 3.8) is 0 Å². The van der Waals surface area contributed by atoms with Crippen LogP contribution in [0, 0.1) is 24.4 Å². The molecule has 2 aromatic carbocycles. The Hall–Kier alpha value is -3.29. The monoisotopic (exact) mass is 375 g/mol. The van der Waals surface area contributed by atoms with Gasteiger partial charge in [-0.25, -0.2) is 13.2 Å². The Morgan fingerprint density at radius 2 is 1.74 bits per heavy atom. The second-order valence-corrected chi connectivity index (χ2v) is 6.00.